The van der Waals surface area contributed by atoms with Gasteiger partial charge in [0.25, 0.3) is 0 Å². The number of thiophene rings is 1. The Morgan fingerprint density at radius 3 is 2.32 bits per heavy atom. The summed E-state index contributed by atoms with van der Waals surface area (Å²) in [4.78, 5) is 1.51. The molecule has 2 heteroatoms. The van der Waals surface area contributed by atoms with Crippen LogP contribution in [0.3, 0.4) is 0 Å². The topological polar surface area (TPSA) is 0 Å². The minimum atomic E-state index is -1.41. The molecule has 0 fully saturated rings. The van der Waals surface area contributed by atoms with Crippen LogP contribution in [-0.2, 0) is 0 Å². The van der Waals surface area contributed by atoms with Crippen molar-refractivity contribution in [2.24, 2.45) is 0 Å². The normalized spacial score (nSPS) is 15.7. The summed E-state index contributed by atoms with van der Waals surface area (Å²) in [5.74, 6) is 0. The molecule has 0 aliphatic carbocycles. The molecule has 0 nitrogen and oxygen atoms in total. The molecule has 2 heterocycles. The van der Waals surface area contributed by atoms with E-state index in [4.69, 9.17) is 0 Å². The third-order valence-corrected chi connectivity index (χ3v) is 11.2. The van der Waals surface area contributed by atoms with Crippen LogP contribution >= 0.6 is 11.3 Å². The molecule has 0 saturated heterocycles. The second-order valence-corrected chi connectivity index (χ2v) is 11.0. The van der Waals surface area contributed by atoms with E-state index in [1.54, 1.807) is 8.70 Å². The van der Waals surface area contributed by atoms with Crippen molar-refractivity contribution in [1.29, 1.82) is 0 Å². The molecule has 1 unspecified atom stereocenters. The van der Waals surface area contributed by atoms with Crippen molar-refractivity contribution >= 4 is 49.1 Å². The molecule has 0 N–H and O–H groups in total. The van der Waals surface area contributed by atoms with Gasteiger partial charge in [-0.05, 0) is 0 Å². The summed E-state index contributed by atoms with van der Waals surface area (Å²) in [7, 11) is 0. The van der Waals surface area contributed by atoms with Crippen LogP contribution in [0.4, 0.5) is 0 Å². The van der Waals surface area contributed by atoms with Crippen LogP contribution in [0.2, 0.25) is 0 Å². The molecule has 0 bridgehead atoms. The van der Waals surface area contributed by atoms with Gasteiger partial charge in [0.05, 0.1) is 0 Å². The summed E-state index contributed by atoms with van der Waals surface area (Å²) < 4.78 is 6.19. The van der Waals surface area contributed by atoms with E-state index in [2.05, 4.69) is 78.9 Å². The fourth-order valence-corrected chi connectivity index (χ4v) is 11.1. The summed E-state index contributed by atoms with van der Waals surface area (Å²) in [6.07, 6.45) is 0. The van der Waals surface area contributed by atoms with Crippen LogP contribution in [0.1, 0.15) is 0 Å². The van der Waals surface area contributed by atoms with Crippen molar-refractivity contribution in [2.45, 2.75) is 0 Å². The predicted molar refractivity (Wildman–Crippen MR) is 98.4 cm³/mol. The SMILES string of the molecule is c1ccc([As]2c3ccccc3-c3sc4ccccc4c32)cc1. The average Bonchev–Trinajstić information content (AvgIpc) is 3.10. The van der Waals surface area contributed by atoms with E-state index in [1.165, 1.54) is 24.9 Å². The van der Waals surface area contributed by atoms with E-state index in [9.17, 15) is 0 Å². The molecule has 1 aliphatic heterocycles. The summed E-state index contributed by atoms with van der Waals surface area (Å²) in [6.45, 7) is 0. The van der Waals surface area contributed by atoms with Crippen molar-refractivity contribution in [3.63, 3.8) is 0 Å². The summed E-state index contributed by atoms with van der Waals surface area (Å²) in [5.41, 5.74) is 1.47. The van der Waals surface area contributed by atoms with E-state index >= 15 is 0 Å². The molecule has 0 radical (unpaired) electrons. The van der Waals surface area contributed by atoms with E-state index < -0.39 is 14.7 Å². The van der Waals surface area contributed by atoms with Gasteiger partial charge < -0.3 is 0 Å². The van der Waals surface area contributed by atoms with Gasteiger partial charge in [0, 0.05) is 0 Å². The first-order valence-corrected chi connectivity index (χ1v) is 11.0. The second kappa shape index (κ2) is 4.84. The van der Waals surface area contributed by atoms with Gasteiger partial charge in [-0.15, -0.1) is 0 Å². The van der Waals surface area contributed by atoms with E-state index in [0.29, 0.717) is 0 Å². The molecule has 4 aromatic rings. The molecule has 104 valence electrons. The first-order chi connectivity index (χ1) is 10.9. The molecule has 0 spiro atoms. The molecule has 0 saturated carbocycles. The summed E-state index contributed by atoms with van der Waals surface area (Å²) in [5, 5.41) is 1.47. The molecule has 1 aliphatic rings. The van der Waals surface area contributed by atoms with Crippen LogP contribution in [0, 0.1) is 0 Å². The van der Waals surface area contributed by atoms with Gasteiger partial charge in [0.1, 0.15) is 0 Å². The van der Waals surface area contributed by atoms with Gasteiger partial charge in [-0.25, -0.2) is 0 Å². The number of rotatable bonds is 1. The quantitative estimate of drug-likeness (QED) is 0.402. The first kappa shape index (κ1) is 12.7. The first-order valence-electron chi connectivity index (χ1n) is 7.39. The number of hydrogen-bond donors (Lipinski definition) is 0. The van der Waals surface area contributed by atoms with Crippen LogP contribution in [0.25, 0.3) is 20.5 Å². The Bertz CT molecular complexity index is 985. The van der Waals surface area contributed by atoms with Crippen LogP contribution in [-0.4, -0.2) is 14.7 Å². The van der Waals surface area contributed by atoms with Gasteiger partial charge in [0.15, 0.2) is 0 Å². The Hall–Kier alpha value is -1.82. The molecular weight excluding hydrogens is 347 g/mol. The Labute approximate surface area is 138 Å². The zero-order chi connectivity index (χ0) is 14.5. The fourth-order valence-electron chi connectivity index (χ4n) is 3.26. The standard InChI is InChI=1S/C20H13AsS/c1-2-8-14(9-3-1)21-17-12-6-4-10-15(17)20-19(21)16-11-5-7-13-18(16)22-20/h1-13H. The predicted octanol–water partition coefficient (Wildman–Crippen LogP) is 3.40. The maximum absolute atomic E-state index is 2.35. The molecule has 1 aromatic heterocycles. The Kier molecular flexibility index (Phi) is 2.79. The monoisotopic (exact) mass is 360 g/mol. The second-order valence-electron chi connectivity index (χ2n) is 5.46. The zero-order valence-electron chi connectivity index (χ0n) is 11.9. The Balaban J connectivity index is 1.90. The van der Waals surface area contributed by atoms with Crippen molar-refractivity contribution in [1.82, 2.24) is 0 Å². The van der Waals surface area contributed by atoms with Crippen molar-refractivity contribution in [2.75, 3.05) is 0 Å². The molecule has 5 rings (SSSR count). The van der Waals surface area contributed by atoms with Crippen LogP contribution < -0.4 is 13.1 Å². The average molecular weight is 360 g/mol. The molecule has 22 heavy (non-hydrogen) atoms. The van der Waals surface area contributed by atoms with E-state index in [-0.39, 0.29) is 0 Å². The number of fused-ring (bicyclic) bond motifs is 5. The zero-order valence-corrected chi connectivity index (χ0v) is 14.6. The summed E-state index contributed by atoms with van der Waals surface area (Å²) >= 11 is 0.554. The van der Waals surface area contributed by atoms with Gasteiger partial charge >= 0.3 is 138 Å². The van der Waals surface area contributed by atoms with Gasteiger partial charge in [-0.2, -0.15) is 0 Å². The van der Waals surface area contributed by atoms with Crippen molar-refractivity contribution in [3.8, 4) is 10.4 Å². The van der Waals surface area contributed by atoms with Crippen molar-refractivity contribution in [3.05, 3.63) is 78.9 Å². The van der Waals surface area contributed by atoms with Gasteiger partial charge in [0.2, 0.25) is 0 Å². The Morgan fingerprint density at radius 2 is 1.41 bits per heavy atom. The van der Waals surface area contributed by atoms with Gasteiger partial charge in [-0.3, -0.25) is 0 Å². The number of benzene rings is 3. The third-order valence-electron chi connectivity index (χ3n) is 4.20. The third kappa shape index (κ3) is 1.70. The molecule has 3 aromatic carbocycles. The Morgan fingerprint density at radius 1 is 0.682 bits per heavy atom. The van der Waals surface area contributed by atoms with Crippen LogP contribution in [0.5, 0.6) is 0 Å². The maximum atomic E-state index is 2.35. The van der Waals surface area contributed by atoms with Crippen molar-refractivity contribution < 1.29 is 0 Å². The fraction of sp³-hybridized carbons (Fsp3) is 0. The number of hydrogen-bond acceptors (Lipinski definition) is 1. The molecular formula is C20H13AsS. The molecule has 0 amide bonds. The van der Waals surface area contributed by atoms with E-state index in [0.717, 1.165) is 0 Å². The minimum absolute atomic E-state index is 1.41. The van der Waals surface area contributed by atoms with Gasteiger partial charge in [-0.1, -0.05) is 0 Å². The summed E-state index contributed by atoms with van der Waals surface area (Å²) in [6, 6.07) is 29.0. The van der Waals surface area contributed by atoms with Crippen LogP contribution in [0.15, 0.2) is 78.9 Å². The van der Waals surface area contributed by atoms with E-state index in [1.807, 2.05) is 11.3 Å². The molecule has 1 atom stereocenters.